The van der Waals surface area contributed by atoms with Crippen LogP contribution in [0.2, 0.25) is 0 Å². The Balaban J connectivity index is 1.49. The van der Waals surface area contributed by atoms with Gasteiger partial charge in [-0.1, -0.05) is 0 Å². The van der Waals surface area contributed by atoms with Gasteiger partial charge in [0.05, 0.1) is 19.8 Å². The van der Waals surface area contributed by atoms with Crippen molar-refractivity contribution in [1.29, 1.82) is 0 Å². The Labute approximate surface area is 139 Å². The number of thiophene rings is 1. The molecule has 0 atom stereocenters. The minimum atomic E-state index is -0.294. The van der Waals surface area contributed by atoms with E-state index in [0.29, 0.717) is 17.6 Å². The molecule has 0 saturated carbocycles. The van der Waals surface area contributed by atoms with E-state index in [1.54, 1.807) is 7.11 Å². The number of carbonyl (C=O) groups is 1. The standard InChI is InChI=1S/C17H21NO4S/c1-20-14-10-18(11-14)6-3-7-22-13-5-4-12-8-16(17(19)21-2)23-15(12)9-13/h4-5,8-9,14H,3,6-7,10-11H2,1-2H3. The molecule has 0 aliphatic carbocycles. The fourth-order valence-corrected chi connectivity index (χ4v) is 3.64. The Morgan fingerprint density at radius 3 is 2.87 bits per heavy atom. The van der Waals surface area contributed by atoms with Crippen LogP contribution in [-0.4, -0.2) is 57.4 Å². The summed E-state index contributed by atoms with van der Waals surface area (Å²) in [6.45, 7) is 3.77. The number of fused-ring (bicyclic) bond motifs is 1. The monoisotopic (exact) mass is 335 g/mol. The molecular formula is C17H21NO4S. The molecule has 3 rings (SSSR count). The molecule has 0 radical (unpaired) electrons. The van der Waals surface area contributed by atoms with Crippen LogP contribution in [0.25, 0.3) is 10.1 Å². The Hall–Kier alpha value is -1.63. The second-order valence-electron chi connectivity index (χ2n) is 5.62. The average molecular weight is 335 g/mol. The molecule has 5 nitrogen and oxygen atoms in total. The molecule has 124 valence electrons. The zero-order chi connectivity index (χ0) is 16.2. The van der Waals surface area contributed by atoms with Crippen molar-refractivity contribution in [2.45, 2.75) is 12.5 Å². The molecule has 0 bridgehead atoms. The average Bonchev–Trinajstić information content (AvgIpc) is 2.95. The Morgan fingerprint density at radius 2 is 2.13 bits per heavy atom. The van der Waals surface area contributed by atoms with Crippen molar-refractivity contribution < 1.29 is 19.0 Å². The summed E-state index contributed by atoms with van der Waals surface area (Å²) in [6, 6.07) is 7.76. The third kappa shape index (κ3) is 3.83. The van der Waals surface area contributed by atoms with Crippen LogP contribution in [-0.2, 0) is 9.47 Å². The van der Waals surface area contributed by atoms with Crippen LogP contribution in [0.1, 0.15) is 16.1 Å². The highest BCUT2D eigenvalue weighted by Gasteiger charge is 2.25. The number of nitrogens with zero attached hydrogens (tertiary/aromatic N) is 1. The summed E-state index contributed by atoms with van der Waals surface area (Å²) < 4.78 is 16.9. The summed E-state index contributed by atoms with van der Waals surface area (Å²) >= 11 is 1.43. The first-order valence-corrected chi connectivity index (χ1v) is 8.51. The first-order valence-electron chi connectivity index (χ1n) is 7.69. The third-order valence-corrected chi connectivity index (χ3v) is 5.10. The van der Waals surface area contributed by atoms with E-state index in [0.717, 1.165) is 41.9 Å². The number of rotatable bonds is 7. The number of esters is 1. The second-order valence-corrected chi connectivity index (χ2v) is 6.70. The molecule has 1 fully saturated rings. The lowest BCUT2D eigenvalue weighted by Gasteiger charge is -2.38. The van der Waals surface area contributed by atoms with Crippen molar-refractivity contribution in [3.05, 3.63) is 29.1 Å². The van der Waals surface area contributed by atoms with E-state index in [1.165, 1.54) is 18.4 Å². The van der Waals surface area contributed by atoms with Gasteiger partial charge >= 0.3 is 5.97 Å². The van der Waals surface area contributed by atoms with Crippen LogP contribution >= 0.6 is 11.3 Å². The molecule has 2 aromatic rings. The van der Waals surface area contributed by atoms with E-state index in [9.17, 15) is 4.79 Å². The van der Waals surface area contributed by atoms with E-state index in [-0.39, 0.29) is 5.97 Å². The summed E-state index contributed by atoms with van der Waals surface area (Å²) in [5, 5.41) is 1.04. The predicted octanol–water partition coefficient (Wildman–Crippen LogP) is 2.79. The van der Waals surface area contributed by atoms with E-state index >= 15 is 0 Å². The number of hydrogen-bond acceptors (Lipinski definition) is 6. The van der Waals surface area contributed by atoms with Gasteiger partial charge in [-0.2, -0.15) is 0 Å². The highest BCUT2D eigenvalue weighted by Crippen LogP contribution is 2.29. The van der Waals surface area contributed by atoms with Crippen molar-refractivity contribution in [2.24, 2.45) is 0 Å². The van der Waals surface area contributed by atoms with Crippen molar-refractivity contribution in [1.82, 2.24) is 4.90 Å². The third-order valence-electron chi connectivity index (χ3n) is 4.02. The number of likely N-dealkylation sites (tertiary alicyclic amines) is 1. The molecule has 23 heavy (non-hydrogen) atoms. The highest BCUT2D eigenvalue weighted by molar-refractivity contribution is 7.20. The minimum absolute atomic E-state index is 0.294. The van der Waals surface area contributed by atoms with Crippen molar-refractivity contribution >= 4 is 27.4 Å². The molecule has 1 aromatic heterocycles. The zero-order valence-electron chi connectivity index (χ0n) is 13.4. The molecule has 1 aromatic carbocycles. The summed E-state index contributed by atoms with van der Waals surface area (Å²) in [6.07, 6.45) is 1.40. The van der Waals surface area contributed by atoms with Gasteiger partial charge < -0.3 is 14.2 Å². The number of ether oxygens (including phenoxy) is 3. The minimum Gasteiger partial charge on any atom is -0.493 e. The molecule has 0 N–H and O–H groups in total. The molecule has 0 unspecified atom stereocenters. The van der Waals surface area contributed by atoms with Gasteiger partial charge in [-0.15, -0.1) is 11.3 Å². The number of hydrogen-bond donors (Lipinski definition) is 0. The maximum atomic E-state index is 11.6. The van der Waals surface area contributed by atoms with Gasteiger partial charge in [-0.05, 0) is 36.1 Å². The summed E-state index contributed by atoms with van der Waals surface area (Å²) in [5.74, 6) is 0.548. The van der Waals surface area contributed by atoms with Gasteiger partial charge in [0.1, 0.15) is 10.6 Å². The summed E-state index contributed by atoms with van der Waals surface area (Å²) in [7, 11) is 3.16. The van der Waals surface area contributed by atoms with Crippen LogP contribution in [0.15, 0.2) is 24.3 Å². The Morgan fingerprint density at radius 1 is 1.30 bits per heavy atom. The Kier molecular flexibility index (Phi) is 5.15. The lowest BCUT2D eigenvalue weighted by atomic mass is 10.1. The van der Waals surface area contributed by atoms with E-state index in [2.05, 4.69) is 4.90 Å². The van der Waals surface area contributed by atoms with Crippen molar-refractivity contribution in [3.63, 3.8) is 0 Å². The van der Waals surface area contributed by atoms with E-state index < -0.39 is 0 Å². The van der Waals surface area contributed by atoms with Crippen LogP contribution in [0, 0.1) is 0 Å². The van der Waals surface area contributed by atoms with Gasteiger partial charge in [0, 0.05) is 31.4 Å². The molecule has 1 aliphatic rings. The van der Waals surface area contributed by atoms with E-state index in [1.807, 2.05) is 24.3 Å². The number of carbonyl (C=O) groups excluding carboxylic acids is 1. The molecule has 0 amide bonds. The van der Waals surface area contributed by atoms with Crippen LogP contribution in [0.3, 0.4) is 0 Å². The topological polar surface area (TPSA) is 48.0 Å². The van der Waals surface area contributed by atoms with Crippen molar-refractivity contribution in [3.8, 4) is 5.75 Å². The fourth-order valence-electron chi connectivity index (χ4n) is 2.63. The van der Waals surface area contributed by atoms with Gasteiger partial charge in [0.2, 0.25) is 0 Å². The lowest BCUT2D eigenvalue weighted by molar-refractivity contribution is -0.0306. The fraction of sp³-hybridized carbons (Fsp3) is 0.471. The second kappa shape index (κ2) is 7.29. The van der Waals surface area contributed by atoms with Crippen molar-refractivity contribution in [2.75, 3.05) is 40.5 Å². The van der Waals surface area contributed by atoms with Crippen LogP contribution < -0.4 is 4.74 Å². The molecular weight excluding hydrogens is 314 g/mol. The highest BCUT2D eigenvalue weighted by atomic mass is 32.1. The molecule has 1 aliphatic heterocycles. The maximum absolute atomic E-state index is 11.6. The molecule has 6 heteroatoms. The largest absolute Gasteiger partial charge is 0.493 e. The smallest absolute Gasteiger partial charge is 0.348 e. The summed E-state index contributed by atoms with van der Waals surface area (Å²) in [4.78, 5) is 14.5. The predicted molar refractivity (Wildman–Crippen MR) is 90.5 cm³/mol. The summed E-state index contributed by atoms with van der Waals surface area (Å²) in [5.41, 5.74) is 0. The van der Waals surface area contributed by atoms with Crippen LogP contribution in [0.4, 0.5) is 0 Å². The molecule has 2 heterocycles. The quantitative estimate of drug-likeness (QED) is 0.575. The normalized spacial score (nSPS) is 15.6. The first kappa shape index (κ1) is 16.2. The van der Waals surface area contributed by atoms with E-state index in [4.69, 9.17) is 14.2 Å². The van der Waals surface area contributed by atoms with Gasteiger partial charge in [-0.25, -0.2) is 4.79 Å². The number of benzene rings is 1. The lowest BCUT2D eigenvalue weighted by Crippen LogP contribution is -2.51. The first-order chi connectivity index (χ1) is 11.2. The van der Waals surface area contributed by atoms with Gasteiger partial charge in [-0.3, -0.25) is 4.90 Å². The van der Waals surface area contributed by atoms with Gasteiger partial charge in [0.25, 0.3) is 0 Å². The SMILES string of the molecule is COC(=O)c1cc2ccc(OCCCN3CC(OC)C3)cc2s1. The zero-order valence-corrected chi connectivity index (χ0v) is 14.2. The number of methoxy groups -OCH3 is 2. The Bertz CT molecular complexity index is 678. The maximum Gasteiger partial charge on any atom is 0.348 e. The molecule has 0 spiro atoms. The molecule has 1 saturated heterocycles. The van der Waals surface area contributed by atoms with Crippen LogP contribution in [0.5, 0.6) is 5.75 Å². The van der Waals surface area contributed by atoms with Gasteiger partial charge in [0.15, 0.2) is 0 Å².